The smallest absolute Gasteiger partial charge is 0.254 e. The second-order valence-corrected chi connectivity index (χ2v) is 4.69. The first-order valence-corrected chi connectivity index (χ1v) is 5.97. The first-order valence-electron chi connectivity index (χ1n) is 5.97. The van der Waals surface area contributed by atoms with Gasteiger partial charge in [-0.1, -0.05) is 37.3 Å². The minimum Gasteiger partial charge on any atom is -0.311 e. The van der Waals surface area contributed by atoms with Crippen LogP contribution in [0.25, 0.3) is 10.9 Å². The van der Waals surface area contributed by atoms with Gasteiger partial charge in [-0.15, -0.1) is 0 Å². The SMILES string of the molecule is CC1C=CCc2c1c1ccccc1n(C)c2=O. The van der Waals surface area contributed by atoms with Crippen molar-refractivity contribution in [2.24, 2.45) is 7.05 Å². The van der Waals surface area contributed by atoms with E-state index < -0.39 is 0 Å². The Balaban J connectivity index is 2.54. The molecule has 3 rings (SSSR count). The van der Waals surface area contributed by atoms with Crippen molar-refractivity contribution in [3.8, 4) is 0 Å². The third-order valence-corrected chi connectivity index (χ3v) is 3.65. The number of aryl methyl sites for hydroxylation is 1. The molecule has 17 heavy (non-hydrogen) atoms. The molecular formula is C15H15NO. The van der Waals surface area contributed by atoms with E-state index in [1.54, 1.807) is 4.57 Å². The molecule has 1 aliphatic carbocycles. The molecule has 0 spiro atoms. The number of allylic oxidation sites excluding steroid dienone is 2. The largest absolute Gasteiger partial charge is 0.311 e. The minimum absolute atomic E-state index is 0.148. The van der Waals surface area contributed by atoms with E-state index in [1.807, 2.05) is 25.2 Å². The molecule has 0 bridgehead atoms. The fourth-order valence-electron chi connectivity index (χ4n) is 2.79. The van der Waals surface area contributed by atoms with Gasteiger partial charge in [0.1, 0.15) is 0 Å². The number of benzene rings is 1. The number of hydrogen-bond acceptors (Lipinski definition) is 1. The summed E-state index contributed by atoms with van der Waals surface area (Å²) in [6, 6.07) is 8.15. The molecule has 0 radical (unpaired) electrons. The molecule has 1 aromatic heterocycles. The third kappa shape index (κ3) is 1.37. The average Bonchev–Trinajstić information content (AvgIpc) is 2.36. The summed E-state index contributed by atoms with van der Waals surface area (Å²) in [4.78, 5) is 12.3. The summed E-state index contributed by atoms with van der Waals surface area (Å²) in [5.41, 5.74) is 3.35. The van der Waals surface area contributed by atoms with Crippen molar-refractivity contribution in [3.05, 3.63) is 57.9 Å². The van der Waals surface area contributed by atoms with Gasteiger partial charge in [0.25, 0.3) is 5.56 Å². The summed E-state index contributed by atoms with van der Waals surface area (Å²) in [6.07, 6.45) is 5.05. The second-order valence-electron chi connectivity index (χ2n) is 4.69. The van der Waals surface area contributed by atoms with Crippen LogP contribution in [-0.2, 0) is 13.5 Å². The van der Waals surface area contributed by atoms with Crippen LogP contribution in [0.3, 0.4) is 0 Å². The molecule has 0 fully saturated rings. The molecule has 1 atom stereocenters. The zero-order valence-corrected chi connectivity index (χ0v) is 10.1. The number of para-hydroxylation sites is 1. The van der Waals surface area contributed by atoms with Crippen LogP contribution in [0.4, 0.5) is 0 Å². The molecule has 1 unspecified atom stereocenters. The van der Waals surface area contributed by atoms with E-state index in [1.165, 1.54) is 10.9 Å². The highest BCUT2D eigenvalue weighted by atomic mass is 16.1. The van der Waals surface area contributed by atoms with Crippen LogP contribution in [0.2, 0.25) is 0 Å². The highest BCUT2D eigenvalue weighted by Gasteiger charge is 2.19. The maximum absolute atomic E-state index is 12.3. The molecule has 0 saturated heterocycles. The Labute approximate surface area is 100 Å². The van der Waals surface area contributed by atoms with E-state index in [4.69, 9.17) is 0 Å². The Morgan fingerprint density at radius 1 is 1.29 bits per heavy atom. The Morgan fingerprint density at radius 3 is 2.88 bits per heavy atom. The second kappa shape index (κ2) is 3.59. The van der Waals surface area contributed by atoms with Crippen LogP contribution in [0, 0.1) is 0 Å². The van der Waals surface area contributed by atoms with Gasteiger partial charge in [0.05, 0.1) is 5.52 Å². The number of pyridine rings is 1. The zero-order valence-electron chi connectivity index (χ0n) is 10.1. The molecule has 86 valence electrons. The standard InChI is InChI=1S/C15H15NO/c1-10-6-5-8-12-14(10)11-7-3-4-9-13(11)16(2)15(12)17/h3-7,9-10H,8H2,1-2H3. The molecule has 0 N–H and O–H groups in total. The molecule has 0 amide bonds. The monoisotopic (exact) mass is 225 g/mol. The van der Waals surface area contributed by atoms with Gasteiger partial charge in [-0.3, -0.25) is 4.79 Å². The molecule has 0 saturated carbocycles. The molecule has 0 aliphatic heterocycles. The lowest BCUT2D eigenvalue weighted by atomic mass is 9.87. The third-order valence-electron chi connectivity index (χ3n) is 3.65. The minimum atomic E-state index is 0.148. The fourth-order valence-corrected chi connectivity index (χ4v) is 2.79. The van der Waals surface area contributed by atoms with Gasteiger partial charge in [-0.05, 0) is 18.1 Å². The summed E-state index contributed by atoms with van der Waals surface area (Å²) < 4.78 is 1.76. The lowest BCUT2D eigenvalue weighted by Gasteiger charge is -2.21. The quantitative estimate of drug-likeness (QED) is 0.632. The maximum Gasteiger partial charge on any atom is 0.254 e. The number of rotatable bonds is 0. The van der Waals surface area contributed by atoms with Gasteiger partial charge in [0.15, 0.2) is 0 Å². The van der Waals surface area contributed by atoms with Crippen molar-refractivity contribution in [2.75, 3.05) is 0 Å². The predicted octanol–water partition coefficient (Wildman–Crippen LogP) is 2.75. The first-order chi connectivity index (χ1) is 8.20. The lowest BCUT2D eigenvalue weighted by molar-refractivity contribution is 0.838. The van der Waals surface area contributed by atoms with E-state index in [0.29, 0.717) is 5.92 Å². The van der Waals surface area contributed by atoms with Gasteiger partial charge < -0.3 is 4.57 Å². The van der Waals surface area contributed by atoms with E-state index in [2.05, 4.69) is 25.1 Å². The van der Waals surface area contributed by atoms with Gasteiger partial charge in [0.2, 0.25) is 0 Å². The van der Waals surface area contributed by atoms with E-state index in [0.717, 1.165) is 17.5 Å². The molecule has 1 heterocycles. The van der Waals surface area contributed by atoms with Gasteiger partial charge in [-0.25, -0.2) is 0 Å². The van der Waals surface area contributed by atoms with Gasteiger partial charge in [0, 0.05) is 23.9 Å². The predicted molar refractivity (Wildman–Crippen MR) is 70.4 cm³/mol. The van der Waals surface area contributed by atoms with Gasteiger partial charge >= 0.3 is 0 Å². The van der Waals surface area contributed by atoms with Crippen molar-refractivity contribution in [1.82, 2.24) is 4.57 Å². The number of hydrogen-bond donors (Lipinski definition) is 0. The summed E-state index contributed by atoms with van der Waals surface area (Å²) in [5.74, 6) is 0.331. The number of aromatic nitrogens is 1. The maximum atomic E-state index is 12.3. The topological polar surface area (TPSA) is 22.0 Å². The summed E-state index contributed by atoms with van der Waals surface area (Å²) in [6.45, 7) is 2.15. The molecule has 2 heteroatoms. The molecule has 2 nitrogen and oxygen atoms in total. The van der Waals surface area contributed by atoms with Crippen molar-refractivity contribution in [2.45, 2.75) is 19.3 Å². The van der Waals surface area contributed by atoms with Crippen molar-refractivity contribution < 1.29 is 0 Å². The Kier molecular flexibility index (Phi) is 2.18. The van der Waals surface area contributed by atoms with Crippen LogP contribution < -0.4 is 5.56 Å². The number of fused-ring (bicyclic) bond motifs is 3. The summed E-state index contributed by atoms with van der Waals surface area (Å²) in [7, 11) is 1.86. The van der Waals surface area contributed by atoms with Crippen LogP contribution in [0.15, 0.2) is 41.2 Å². The van der Waals surface area contributed by atoms with Crippen LogP contribution in [0.5, 0.6) is 0 Å². The average molecular weight is 225 g/mol. The lowest BCUT2D eigenvalue weighted by Crippen LogP contribution is -2.25. The van der Waals surface area contributed by atoms with E-state index >= 15 is 0 Å². The molecule has 2 aromatic rings. The van der Waals surface area contributed by atoms with Gasteiger partial charge in [-0.2, -0.15) is 0 Å². The highest BCUT2D eigenvalue weighted by molar-refractivity contribution is 5.84. The molecular weight excluding hydrogens is 210 g/mol. The molecule has 1 aromatic carbocycles. The summed E-state index contributed by atoms with van der Waals surface area (Å²) >= 11 is 0. The first kappa shape index (κ1) is 10.3. The van der Waals surface area contributed by atoms with E-state index in [-0.39, 0.29) is 5.56 Å². The Hall–Kier alpha value is -1.83. The Morgan fingerprint density at radius 2 is 2.06 bits per heavy atom. The Bertz CT molecular complexity index is 679. The highest BCUT2D eigenvalue weighted by Crippen LogP contribution is 2.30. The van der Waals surface area contributed by atoms with Crippen LogP contribution in [-0.4, -0.2) is 4.57 Å². The van der Waals surface area contributed by atoms with Crippen LogP contribution >= 0.6 is 0 Å². The van der Waals surface area contributed by atoms with Crippen LogP contribution in [0.1, 0.15) is 24.0 Å². The summed E-state index contributed by atoms with van der Waals surface area (Å²) in [5, 5.41) is 1.21. The zero-order chi connectivity index (χ0) is 12.0. The molecule has 1 aliphatic rings. The normalized spacial score (nSPS) is 18.4. The van der Waals surface area contributed by atoms with Crippen molar-refractivity contribution >= 4 is 10.9 Å². The number of nitrogens with zero attached hydrogens (tertiary/aromatic N) is 1. The van der Waals surface area contributed by atoms with E-state index in [9.17, 15) is 4.79 Å². The fraction of sp³-hybridized carbons (Fsp3) is 0.267. The van der Waals surface area contributed by atoms with Crippen molar-refractivity contribution in [1.29, 1.82) is 0 Å². The van der Waals surface area contributed by atoms with Crippen molar-refractivity contribution in [3.63, 3.8) is 0 Å².